The van der Waals surface area contributed by atoms with Crippen molar-refractivity contribution in [1.29, 1.82) is 0 Å². The van der Waals surface area contributed by atoms with Crippen molar-refractivity contribution >= 4 is 39.1 Å². The molecule has 2 aromatic rings. The van der Waals surface area contributed by atoms with Gasteiger partial charge in [0.15, 0.2) is 0 Å². The predicted molar refractivity (Wildman–Crippen MR) is 122 cm³/mol. The van der Waals surface area contributed by atoms with Gasteiger partial charge in [-0.25, -0.2) is 0 Å². The molecule has 1 fully saturated rings. The van der Waals surface area contributed by atoms with E-state index in [2.05, 4.69) is 50.2 Å². The molecule has 1 heterocycles. The third-order valence-electron chi connectivity index (χ3n) is 4.94. The quantitative estimate of drug-likeness (QED) is 0.559. The van der Waals surface area contributed by atoms with Crippen LogP contribution in [0.2, 0.25) is 5.02 Å². The summed E-state index contributed by atoms with van der Waals surface area (Å²) in [6.45, 7) is 5.87. The zero-order chi connectivity index (χ0) is 20.6. The first-order valence-electron chi connectivity index (χ1n) is 9.87. The molecule has 0 spiro atoms. The highest BCUT2D eigenvalue weighted by molar-refractivity contribution is 9.10. The molecule has 0 radical (unpaired) electrons. The fraction of sp³-hybridized carbons (Fsp3) is 0.409. The van der Waals surface area contributed by atoms with Crippen LogP contribution in [-0.4, -0.2) is 55.5 Å². The molecule has 1 N–H and O–H groups in total. The largest absolute Gasteiger partial charge is 0.492 e. The predicted octanol–water partition coefficient (Wildman–Crippen LogP) is 4.65. The van der Waals surface area contributed by atoms with E-state index in [1.807, 2.05) is 18.2 Å². The fourth-order valence-corrected chi connectivity index (χ4v) is 3.99. The standard InChI is InChI=1S/C22H27BrClN3O2/c1-26-10-12-27(13-11-26)16-17-4-7-19(8-5-17)25-22(28)3-2-14-29-21-9-6-18(24)15-20(21)23/h4-9,15H,2-3,10-14,16H2,1H3,(H,25,28). The monoisotopic (exact) mass is 479 g/mol. The topological polar surface area (TPSA) is 44.8 Å². The number of ether oxygens (including phenoxy) is 1. The average Bonchev–Trinajstić information content (AvgIpc) is 2.70. The van der Waals surface area contributed by atoms with E-state index in [0.29, 0.717) is 24.5 Å². The van der Waals surface area contributed by atoms with Crippen LogP contribution < -0.4 is 10.1 Å². The molecule has 0 atom stereocenters. The average molecular weight is 481 g/mol. The Balaban J connectivity index is 1.36. The number of carbonyl (C=O) groups excluding carboxylic acids is 1. The number of hydrogen-bond acceptors (Lipinski definition) is 4. The van der Waals surface area contributed by atoms with Gasteiger partial charge in [0, 0.05) is 49.9 Å². The molecule has 0 saturated carbocycles. The minimum Gasteiger partial charge on any atom is -0.492 e. The highest BCUT2D eigenvalue weighted by Gasteiger charge is 2.13. The maximum atomic E-state index is 12.2. The van der Waals surface area contributed by atoms with Gasteiger partial charge in [0.05, 0.1) is 11.1 Å². The fourth-order valence-electron chi connectivity index (χ4n) is 3.19. The van der Waals surface area contributed by atoms with Gasteiger partial charge < -0.3 is 15.0 Å². The third kappa shape index (κ3) is 7.30. The molecule has 5 nitrogen and oxygen atoms in total. The van der Waals surface area contributed by atoms with Crippen LogP contribution in [0, 0.1) is 0 Å². The first-order chi connectivity index (χ1) is 14.0. The molecule has 1 amide bonds. The number of rotatable bonds is 8. The molecule has 0 aliphatic carbocycles. The van der Waals surface area contributed by atoms with Crippen LogP contribution in [0.4, 0.5) is 5.69 Å². The van der Waals surface area contributed by atoms with Crippen molar-refractivity contribution in [1.82, 2.24) is 9.80 Å². The van der Waals surface area contributed by atoms with E-state index in [1.165, 1.54) is 5.56 Å². The summed E-state index contributed by atoms with van der Waals surface area (Å²) in [5.41, 5.74) is 2.10. The molecular formula is C22H27BrClN3O2. The van der Waals surface area contributed by atoms with Crippen molar-refractivity contribution in [2.24, 2.45) is 0 Å². The summed E-state index contributed by atoms with van der Waals surface area (Å²) in [4.78, 5) is 17.0. The van der Waals surface area contributed by atoms with E-state index in [4.69, 9.17) is 16.3 Å². The van der Waals surface area contributed by atoms with Gasteiger partial charge in [-0.3, -0.25) is 9.69 Å². The van der Waals surface area contributed by atoms with E-state index in [1.54, 1.807) is 12.1 Å². The Morgan fingerprint density at radius 3 is 2.55 bits per heavy atom. The lowest BCUT2D eigenvalue weighted by Crippen LogP contribution is -2.43. The zero-order valence-corrected chi connectivity index (χ0v) is 19.0. The molecule has 156 valence electrons. The number of piperazine rings is 1. The van der Waals surface area contributed by atoms with Crippen molar-refractivity contribution in [2.45, 2.75) is 19.4 Å². The number of anilines is 1. The summed E-state index contributed by atoms with van der Waals surface area (Å²) in [6.07, 6.45) is 1.05. The van der Waals surface area contributed by atoms with Crippen molar-refractivity contribution in [3.63, 3.8) is 0 Å². The van der Waals surface area contributed by atoms with Gasteiger partial charge in [-0.1, -0.05) is 23.7 Å². The van der Waals surface area contributed by atoms with E-state index in [-0.39, 0.29) is 5.91 Å². The van der Waals surface area contributed by atoms with Crippen molar-refractivity contribution in [3.8, 4) is 5.75 Å². The number of carbonyl (C=O) groups is 1. The first kappa shape index (κ1) is 22.1. The van der Waals surface area contributed by atoms with Gasteiger partial charge in [0.25, 0.3) is 0 Å². The van der Waals surface area contributed by atoms with Crippen molar-refractivity contribution in [3.05, 3.63) is 57.5 Å². The second-order valence-electron chi connectivity index (χ2n) is 7.35. The van der Waals surface area contributed by atoms with Crippen LogP contribution in [0.5, 0.6) is 5.75 Å². The normalized spacial score (nSPS) is 15.3. The number of likely N-dealkylation sites (N-methyl/N-ethyl adjacent to an activating group) is 1. The summed E-state index contributed by atoms with van der Waals surface area (Å²) in [7, 11) is 2.16. The van der Waals surface area contributed by atoms with Crippen LogP contribution in [-0.2, 0) is 11.3 Å². The number of benzene rings is 2. The Morgan fingerprint density at radius 2 is 1.86 bits per heavy atom. The number of halogens is 2. The first-order valence-corrected chi connectivity index (χ1v) is 11.0. The molecule has 1 aliphatic rings. The van der Waals surface area contributed by atoms with Crippen LogP contribution in [0.15, 0.2) is 46.9 Å². The van der Waals surface area contributed by atoms with E-state index < -0.39 is 0 Å². The molecule has 1 saturated heterocycles. The van der Waals surface area contributed by atoms with Gasteiger partial charge in [-0.05, 0) is 65.3 Å². The SMILES string of the molecule is CN1CCN(Cc2ccc(NC(=O)CCCOc3ccc(Cl)cc3Br)cc2)CC1. The Hall–Kier alpha value is -1.60. The molecule has 1 aliphatic heterocycles. The second kappa shape index (κ2) is 11.0. The van der Waals surface area contributed by atoms with Crippen molar-refractivity contribution in [2.75, 3.05) is 45.2 Å². The lowest BCUT2D eigenvalue weighted by atomic mass is 10.1. The zero-order valence-electron chi connectivity index (χ0n) is 16.7. The van der Waals surface area contributed by atoms with Crippen LogP contribution in [0.25, 0.3) is 0 Å². The number of amides is 1. The Bertz CT molecular complexity index is 808. The maximum Gasteiger partial charge on any atom is 0.224 e. The van der Waals surface area contributed by atoms with Gasteiger partial charge in [-0.2, -0.15) is 0 Å². The molecule has 0 aromatic heterocycles. The smallest absolute Gasteiger partial charge is 0.224 e. The Morgan fingerprint density at radius 1 is 1.14 bits per heavy atom. The molecule has 0 unspecified atom stereocenters. The highest BCUT2D eigenvalue weighted by Crippen LogP contribution is 2.28. The third-order valence-corrected chi connectivity index (χ3v) is 5.79. The maximum absolute atomic E-state index is 12.2. The highest BCUT2D eigenvalue weighted by atomic mass is 79.9. The molecule has 29 heavy (non-hydrogen) atoms. The minimum absolute atomic E-state index is 0.00408. The number of nitrogens with one attached hydrogen (secondary N) is 1. The Labute approximate surface area is 186 Å². The number of hydrogen-bond donors (Lipinski definition) is 1. The summed E-state index contributed by atoms with van der Waals surface area (Å²) >= 11 is 9.34. The Kier molecular flexibility index (Phi) is 8.36. The van der Waals surface area contributed by atoms with E-state index in [0.717, 1.165) is 48.6 Å². The summed E-state index contributed by atoms with van der Waals surface area (Å²) in [5.74, 6) is 0.723. The lowest BCUT2D eigenvalue weighted by molar-refractivity contribution is -0.116. The van der Waals surface area contributed by atoms with Crippen LogP contribution in [0.1, 0.15) is 18.4 Å². The number of nitrogens with zero attached hydrogens (tertiary/aromatic N) is 2. The minimum atomic E-state index is -0.00408. The van der Waals surface area contributed by atoms with E-state index >= 15 is 0 Å². The van der Waals surface area contributed by atoms with Crippen LogP contribution in [0.3, 0.4) is 0 Å². The second-order valence-corrected chi connectivity index (χ2v) is 8.64. The van der Waals surface area contributed by atoms with Gasteiger partial charge in [-0.15, -0.1) is 0 Å². The molecule has 2 aromatic carbocycles. The van der Waals surface area contributed by atoms with E-state index in [9.17, 15) is 4.79 Å². The molecular weight excluding hydrogens is 454 g/mol. The molecule has 0 bridgehead atoms. The van der Waals surface area contributed by atoms with Gasteiger partial charge in [0.1, 0.15) is 5.75 Å². The van der Waals surface area contributed by atoms with Crippen molar-refractivity contribution < 1.29 is 9.53 Å². The summed E-state index contributed by atoms with van der Waals surface area (Å²) in [5, 5.41) is 3.61. The van der Waals surface area contributed by atoms with Crippen LogP contribution >= 0.6 is 27.5 Å². The molecule has 3 rings (SSSR count). The van der Waals surface area contributed by atoms with Gasteiger partial charge >= 0.3 is 0 Å². The molecule has 7 heteroatoms. The summed E-state index contributed by atoms with van der Waals surface area (Å²) < 4.78 is 6.50. The van der Waals surface area contributed by atoms with Gasteiger partial charge in [0.2, 0.25) is 5.91 Å². The lowest BCUT2D eigenvalue weighted by Gasteiger charge is -2.32. The summed E-state index contributed by atoms with van der Waals surface area (Å²) in [6, 6.07) is 13.5.